The van der Waals surface area contributed by atoms with Crippen LogP contribution in [0.2, 0.25) is 0 Å². The van der Waals surface area contributed by atoms with Crippen molar-refractivity contribution in [3.8, 4) is 6.07 Å². The lowest BCUT2D eigenvalue weighted by atomic mass is 9.95. The molecule has 1 aromatic carbocycles. The highest BCUT2D eigenvalue weighted by atomic mass is 16.5. The fourth-order valence-electron chi connectivity index (χ4n) is 1.83. The van der Waals surface area contributed by atoms with E-state index in [2.05, 4.69) is 10.5 Å². The van der Waals surface area contributed by atoms with E-state index in [0.717, 1.165) is 5.56 Å². The third kappa shape index (κ3) is 5.75. The fraction of sp³-hybridized carbons (Fsp3) is 0.375. The molecular weight excluding hydrogens is 282 g/mol. The Hall–Kier alpha value is -2.68. The first-order chi connectivity index (χ1) is 10.6. The van der Waals surface area contributed by atoms with Gasteiger partial charge in [0.1, 0.15) is 12.3 Å². The zero-order chi connectivity index (χ0) is 16.4. The minimum Gasteiger partial charge on any atom is -0.465 e. The predicted octanol–water partition coefficient (Wildman–Crippen LogP) is 1.81. The molecule has 0 bridgehead atoms. The number of hydrazone groups is 1. The molecule has 1 rings (SSSR count). The number of ether oxygens (including phenoxy) is 1. The molecule has 0 radical (unpaired) electrons. The molecule has 1 atom stereocenters. The Balaban J connectivity index is 2.85. The highest BCUT2D eigenvalue weighted by Crippen LogP contribution is 2.12. The van der Waals surface area contributed by atoms with Crippen LogP contribution in [0.1, 0.15) is 25.8 Å². The Bertz CT molecular complexity index is 576. The lowest BCUT2D eigenvalue weighted by Crippen LogP contribution is -2.29. The van der Waals surface area contributed by atoms with Crippen molar-refractivity contribution in [2.75, 3.05) is 6.61 Å². The van der Waals surface area contributed by atoms with Crippen molar-refractivity contribution in [1.29, 1.82) is 5.26 Å². The third-order valence-electron chi connectivity index (χ3n) is 2.95. The van der Waals surface area contributed by atoms with Crippen LogP contribution >= 0.6 is 0 Å². The van der Waals surface area contributed by atoms with Gasteiger partial charge in [0.25, 0.3) is 5.91 Å². The Morgan fingerprint density at radius 2 is 2.05 bits per heavy atom. The first kappa shape index (κ1) is 17.4. The second-order valence-electron chi connectivity index (χ2n) is 4.62. The number of hydrogen-bond donors (Lipinski definition) is 1. The molecule has 0 saturated heterocycles. The van der Waals surface area contributed by atoms with Crippen molar-refractivity contribution in [3.05, 3.63) is 35.9 Å². The summed E-state index contributed by atoms with van der Waals surface area (Å²) in [6.07, 6.45) is 0.155. The maximum absolute atomic E-state index is 12.1. The topological polar surface area (TPSA) is 91.5 Å². The van der Waals surface area contributed by atoms with Crippen LogP contribution in [0, 0.1) is 17.2 Å². The van der Waals surface area contributed by atoms with Crippen LogP contribution in [-0.4, -0.2) is 24.2 Å². The van der Waals surface area contributed by atoms with Gasteiger partial charge in [-0.25, -0.2) is 5.43 Å². The summed E-state index contributed by atoms with van der Waals surface area (Å²) in [5, 5.41) is 12.3. The van der Waals surface area contributed by atoms with Gasteiger partial charge in [0.15, 0.2) is 0 Å². The number of hydrogen-bond acceptors (Lipinski definition) is 5. The lowest BCUT2D eigenvalue weighted by molar-refractivity contribution is -0.145. The van der Waals surface area contributed by atoms with Gasteiger partial charge in [0.05, 0.1) is 12.7 Å². The van der Waals surface area contributed by atoms with E-state index in [0.29, 0.717) is 12.1 Å². The van der Waals surface area contributed by atoms with Gasteiger partial charge < -0.3 is 4.74 Å². The van der Waals surface area contributed by atoms with E-state index in [1.807, 2.05) is 30.3 Å². The Morgan fingerprint density at radius 1 is 1.36 bits per heavy atom. The van der Waals surface area contributed by atoms with Crippen molar-refractivity contribution in [3.63, 3.8) is 0 Å². The second kappa shape index (κ2) is 9.29. The molecule has 22 heavy (non-hydrogen) atoms. The van der Waals surface area contributed by atoms with Crippen LogP contribution < -0.4 is 5.43 Å². The number of carbonyl (C=O) groups excluding carboxylic acids is 2. The van der Waals surface area contributed by atoms with Gasteiger partial charge in [0, 0.05) is 5.71 Å². The molecular formula is C16H19N3O3. The summed E-state index contributed by atoms with van der Waals surface area (Å²) in [6.45, 7) is 3.66. The number of nitriles is 1. The number of nitrogens with one attached hydrogen (secondary N) is 1. The molecule has 0 aliphatic carbocycles. The minimum absolute atomic E-state index is 0.276. The minimum atomic E-state index is -0.579. The molecule has 0 spiro atoms. The smallest absolute Gasteiger partial charge is 0.315 e. The molecule has 1 aromatic rings. The summed E-state index contributed by atoms with van der Waals surface area (Å²) in [5.74, 6) is -1.48. The molecule has 116 valence electrons. The first-order valence-corrected chi connectivity index (χ1v) is 6.99. The predicted molar refractivity (Wildman–Crippen MR) is 81.8 cm³/mol. The van der Waals surface area contributed by atoms with E-state index in [9.17, 15) is 9.59 Å². The van der Waals surface area contributed by atoms with Crippen molar-refractivity contribution in [1.82, 2.24) is 5.43 Å². The molecule has 1 unspecified atom stereocenters. The number of rotatable bonds is 7. The zero-order valence-electron chi connectivity index (χ0n) is 12.7. The monoisotopic (exact) mass is 301 g/mol. The van der Waals surface area contributed by atoms with Crippen LogP contribution in [0.3, 0.4) is 0 Å². The molecule has 6 nitrogen and oxygen atoms in total. The Morgan fingerprint density at radius 3 is 2.64 bits per heavy atom. The van der Waals surface area contributed by atoms with E-state index >= 15 is 0 Å². The fourth-order valence-corrected chi connectivity index (χ4v) is 1.83. The highest BCUT2D eigenvalue weighted by molar-refractivity contribution is 6.01. The number of amides is 1. The van der Waals surface area contributed by atoms with Gasteiger partial charge >= 0.3 is 5.97 Å². The molecule has 0 fully saturated rings. The molecule has 0 heterocycles. The van der Waals surface area contributed by atoms with Crippen LogP contribution in [0.4, 0.5) is 0 Å². The normalized spacial score (nSPS) is 12.1. The molecule has 0 aliphatic rings. The van der Waals surface area contributed by atoms with Gasteiger partial charge in [-0.3, -0.25) is 9.59 Å². The van der Waals surface area contributed by atoms with Gasteiger partial charge in [-0.15, -0.1) is 0 Å². The van der Waals surface area contributed by atoms with Crippen LogP contribution in [0.15, 0.2) is 35.4 Å². The number of carbonyl (C=O) groups is 2. The highest BCUT2D eigenvalue weighted by Gasteiger charge is 2.23. The van der Waals surface area contributed by atoms with Gasteiger partial charge in [0.2, 0.25) is 0 Å². The average Bonchev–Trinajstić information content (AvgIpc) is 2.52. The summed E-state index contributed by atoms with van der Waals surface area (Å²) in [6, 6.07) is 11.2. The van der Waals surface area contributed by atoms with Crippen molar-refractivity contribution < 1.29 is 14.3 Å². The van der Waals surface area contributed by atoms with Crippen LogP contribution in [0.5, 0.6) is 0 Å². The SMILES string of the molecule is CCOC(=O)C(Cc1ccccc1)C(C)=NNC(=O)CC#N. The summed E-state index contributed by atoms with van der Waals surface area (Å²) in [5.41, 5.74) is 3.67. The first-order valence-electron chi connectivity index (χ1n) is 6.99. The molecule has 1 amide bonds. The van der Waals surface area contributed by atoms with E-state index in [1.165, 1.54) is 0 Å². The number of esters is 1. The largest absolute Gasteiger partial charge is 0.465 e. The lowest BCUT2D eigenvalue weighted by Gasteiger charge is -2.15. The summed E-state index contributed by atoms with van der Waals surface area (Å²) in [7, 11) is 0. The Labute approximate surface area is 129 Å². The van der Waals surface area contributed by atoms with Crippen molar-refractivity contribution >= 4 is 17.6 Å². The van der Waals surface area contributed by atoms with Gasteiger partial charge in [-0.1, -0.05) is 30.3 Å². The van der Waals surface area contributed by atoms with Crippen LogP contribution in [0.25, 0.3) is 0 Å². The summed E-state index contributed by atoms with van der Waals surface area (Å²) in [4.78, 5) is 23.4. The van der Waals surface area contributed by atoms with Gasteiger partial charge in [-0.05, 0) is 25.8 Å². The van der Waals surface area contributed by atoms with E-state index in [4.69, 9.17) is 10.00 Å². The molecule has 0 aliphatic heterocycles. The van der Waals surface area contributed by atoms with Crippen LogP contribution in [-0.2, 0) is 20.7 Å². The number of nitrogens with zero attached hydrogens (tertiary/aromatic N) is 2. The molecule has 0 aromatic heterocycles. The zero-order valence-corrected chi connectivity index (χ0v) is 12.7. The standard InChI is InChI=1S/C16H19N3O3/c1-3-22-16(21)14(11-13-7-5-4-6-8-13)12(2)18-19-15(20)9-10-17/h4-8,14H,3,9,11H2,1-2H3,(H,19,20). The molecule has 0 saturated carbocycles. The maximum Gasteiger partial charge on any atom is 0.315 e. The molecule has 1 N–H and O–H groups in total. The van der Waals surface area contributed by atoms with Crippen molar-refractivity contribution in [2.24, 2.45) is 11.0 Å². The van der Waals surface area contributed by atoms with Crippen molar-refractivity contribution in [2.45, 2.75) is 26.7 Å². The third-order valence-corrected chi connectivity index (χ3v) is 2.95. The van der Waals surface area contributed by atoms with E-state index < -0.39 is 11.8 Å². The van der Waals surface area contributed by atoms with Gasteiger partial charge in [-0.2, -0.15) is 10.4 Å². The Kier molecular flexibility index (Phi) is 7.34. The summed E-state index contributed by atoms with van der Waals surface area (Å²) >= 11 is 0. The van der Waals surface area contributed by atoms with E-state index in [1.54, 1.807) is 19.9 Å². The maximum atomic E-state index is 12.1. The molecule has 6 heteroatoms. The number of benzene rings is 1. The quantitative estimate of drug-likeness (QED) is 0.472. The summed E-state index contributed by atoms with van der Waals surface area (Å²) < 4.78 is 5.07. The van der Waals surface area contributed by atoms with E-state index in [-0.39, 0.29) is 19.0 Å². The second-order valence-corrected chi connectivity index (χ2v) is 4.62. The average molecular weight is 301 g/mol.